The third-order valence-corrected chi connectivity index (χ3v) is 4.58. The predicted octanol–water partition coefficient (Wildman–Crippen LogP) is 5.29. The Hall–Kier alpha value is -2.86. The normalized spacial score (nSPS) is 10.7. The highest BCUT2D eigenvalue weighted by Gasteiger charge is 2.16. The van der Waals surface area contributed by atoms with Crippen molar-refractivity contribution in [1.82, 2.24) is 9.78 Å². The summed E-state index contributed by atoms with van der Waals surface area (Å²) in [7, 11) is 0. The number of amides is 2. The molecule has 0 fully saturated rings. The van der Waals surface area contributed by atoms with Crippen molar-refractivity contribution in [1.29, 1.82) is 0 Å². The molecule has 2 N–H and O–H groups in total. The zero-order valence-electron chi connectivity index (χ0n) is 15.3. The van der Waals surface area contributed by atoms with Gasteiger partial charge in [-0.1, -0.05) is 35.9 Å². The van der Waals surface area contributed by atoms with Crippen LogP contribution in [0.15, 0.2) is 42.5 Å². The number of nitrogens with one attached hydrogen (secondary N) is 2. The molecule has 0 saturated heterocycles. The Kier molecular flexibility index (Phi) is 5.46. The molecule has 0 unspecified atom stereocenters. The van der Waals surface area contributed by atoms with Crippen LogP contribution in [0.4, 0.5) is 20.6 Å². The van der Waals surface area contributed by atoms with Crippen LogP contribution in [-0.2, 0) is 6.54 Å². The minimum Gasteiger partial charge on any atom is -0.307 e. The lowest BCUT2D eigenvalue weighted by Gasteiger charge is -2.11. The van der Waals surface area contributed by atoms with Crippen LogP contribution in [0.1, 0.15) is 22.5 Å². The first-order chi connectivity index (χ1) is 12.8. The topological polar surface area (TPSA) is 59.0 Å². The molecule has 1 heterocycles. The zero-order valence-corrected chi connectivity index (χ0v) is 16.1. The number of hydrogen-bond acceptors (Lipinski definition) is 2. The van der Waals surface area contributed by atoms with Crippen molar-refractivity contribution in [3.8, 4) is 0 Å². The van der Waals surface area contributed by atoms with E-state index in [-0.39, 0.29) is 12.4 Å². The molecule has 140 valence electrons. The second kappa shape index (κ2) is 7.80. The summed E-state index contributed by atoms with van der Waals surface area (Å²) in [5.74, 6) is -0.284. The lowest BCUT2D eigenvalue weighted by atomic mass is 10.2. The Morgan fingerprint density at radius 2 is 1.89 bits per heavy atom. The van der Waals surface area contributed by atoms with Gasteiger partial charge in [0.05, 0.1) is 23.6 Å². The minimum atomic E-state index is -0.392. The van der Waals surface area contributed by atoms with Crippen molar-refractivity contribution in [2.45, 2.75) is 27.3 Å². The van der Waals surface area contributed by atoms with Crippen molar-refractivity contribution in [2.75, 3.05) is 10.6 Å². The standard InChI is InChI=1S/C20H20ClFN4O/c1-12-8-9-16(21)10-18(12)23-20(27)24-19-13(2)25-26(14(19)3)11-15-6-4-5-7-17(15)22/h4-10H,11H2,1-3H3,(H2,23,24,27). The number of nitrogens with zero attached hydrogens (tertiary/aromatic N) is 2. The largest absolute Gasteiger partial charge is 0.323 e. The number of aromatic nitrogens is 2. The summed E-state index contributed by atoms with van der Waals surface area (Å²) >= 11 is 5.99. The molecule has 7 heteroatoms. The van der Waals surface area contributed by atoms with Gasteiger partial charge in [0.2, 0.25) is 0 Å². The van der Waals surface area contributed by atoms with E-state index in [9.17, 15) is 9.18 Å². The Morgan fingerprint density at radius 3 is 2.63 bits per heavy atom. The van der Waals surface area contributed by atoms with Crippen LogP contribution in [0.25, 0.3) is 0 Å². The van der Waals surface area contributed by atoms with E-state index in [0.717, 1.165) is 11.3 Å². The average Bonchev–Trinajstić information content (AvgIpc) is 2.87. The number of urea groups is 1. The number of halogens is 2. The van der Waals surface area contributed by atoms with Crippen LogP contribution in [0, 0.1) is 26.6 Å². The molecule has 0 aliphatic rings. The quantitative estimate of drug-likeness (QED) is 0.639. The molecule has 27 heavy (non-hydrogen) atoms. The fourth-order valence-corrected chi connectivity index (χ4v) is 2.99. The molecular weight excluding hydrogens is 367 g/mol. The lowest BCUT2D eigenvalue weighted by Crippen LogP contribution is -2.20. The predicted molar refractivity (Wildman–Crippen MR) is 106 cm³/mol. The van der Waals surface area contributed by atoms with Gasteiger partial charge in [0.25, 0.3) is 0 Å². The third-order valence-electron chi connectivity index (χ3n) is 4.35. The van der Waals surface area contributed by atoms with Crippen molar-refractivity contribution < 1.29 is 9.18 Å². The smallest absolute Gasteiger partial charge is 0.307 e. The number of rotatable bonds is 4. The van der Waals surface area contributed by atoms with Crippen LogP contribution in [0.5, 0.6) is 0 Å². The number of carbonyl (C=O) groups excluding carboxylic acids is 1. The van der Waals surface area contributed by atoms with Gasteiger partial charge in [-0.2, -0.15) is 5.10 Å². The second-order valence-electron chi connectivity index (χ2n) is 6.33. The van der Waals surface area contributed by atoms with E-state index in [1.807, 2.05) is 19.9 Å². The molecule has 0 spiro atoms. The first-order valence-corrected chi connectivity index (χ1v) is 8.84. The summed E-state index contributed by atoms with van der Waals surface area (Å²) in [6.07, 6.45) is 0. The molecule has 5 nitrogen and oxygen atoms in total. The van der Waals surface area contributed by atoms with E-state index in [2.05, 4.69) is 15.7 Å². The molecule has 0 aliphatic carbocycles. The van der Waals surface area contributed by atoms with Gasteiger partial charge in [-0.3, -0.25) is 4.68 Å². The summed E-state index contributed by atoms with van der Waals surface area (Å²) < 4.78 is 15.6. The number of benzene rings is 2. The fourth-order valence-electron chi connectivity index (χ4n) is 2.82. The molecule has 3 aromatic rings. The number of hydrogen-bond donors (Lipinski definition) is 2. The Bertz CT molecular complexity index is 1000. The van der Waals surface area contributed by atoms with E-state index in [1.54, 1.807) is 41.9 Å². The van der Waals surface area contributed by atoms with Gasteiger partial charge >= 0.3 is 6.03 Å². The average molecular weight is 387 g/mol. The van der Waals surface area contributed by atoms with Gasteiger partial charge in [0.1, 0.15) is 5.82 Å². The molecular formula is C20H20ClFN4O. The van der Waals surface area contributed by atoms with Crippen LogP contribution >= 0.6 is 11.6 Å². The van der Waals surface area contributed by atoms with Gasteiger partial charge in [-0.15, -0.1) is 0 Å². The lowest BCUT2D eigenvalue weighted by molar-refractivity contribution is 0.262. The summed E-state index contributed by atoms with van der Waals surface area (Å²) in [4.78, 5) is 12.4. The summed E-state index contributed by atoms with van der Waals surface area (Å²) in [5.41, 5.74) is 4.07. The monoisotopic (exact) mass is 386 g/mol. The molecule has 1 aromatic heterocycles. The van der Waals surface area contributed by atoms with Crippen molar-refractivity contribution in [3.05, 3.63) is 75.8 Å². The summed E-state index contributed by atoms with van der Waals surface area (Å²) in [6, 6.07) is 11.5. The van der Waals surface area contributed by atoms with Gasteiger partial charge in [0.15, 0.2) is 0 Å². The van der Waals surface area contributed by atoms with E-state index in [1.165, 1.54) is 6.07 Å². The highest BCUT2D eigenvalue weighted by molar-refractivity contribution is 6.31. The van der Waals surface area contributed by atoms with E-state index in [4.69, 9.17) is 11.6 Å². The van der Waals surface area contributed by atoms with Crippen LogP contribution in [-0.4, -0.2) is 15.8 Å². The molecule has 0 bridgehead atoms. The Balaban J connectivity index is 1.77. The van der Waals surface area contributed by atoms with E-state index < -0.39 is 6.03 Å². The first-order valence-electron chi connectivity index (χ1n) is 8.46. The van der Waals surface area contributed by atoms with E-state index >= 15 is 0 Å². The first kappa shape index (κ1) is 18.9. The SMILES string of the molecule is Cc1ccc(Cl)cc1NC(=O)Nc1c(C)nn(Cc2ccccc2F)c1C. The van der Waals surface area contributed by atoms with Crippen LogP contribution < -0.4 is 10.6 Å². The summed E-state index contributed by atoms with van der Waals surface area (Å²) in [6.45, 7) is 5.80. The second-order valence-corrected chi connectivity index (χ2v) is 6.77. The molecule has 2 aromatic carbocycles. The Morgan fingerprint density at radius 1 is 1.15 bits per heavy atom. The highest BCUT2D eigenvalue weighted by Crippen LogP contribution is 2.23. The summed E-state index contributed by atoms with van der Waals surface area (Å²) in [5, 5.41) is 10.6. The third kappa shape index (κ3) is 4.28. The minimum absolute atomic E-state index is 0.284. The maximum Gasteiger partial charge on any atom is 0.323 e. The molecule has 3 rings (SSSR count). The maximum absolute atomic E-state index is 13.9. The highest BCUT2D eigenvalue weighted by atomic mass is 35.5. The van der Waals surface area contributed by atoms with Gasteiger partial charge in [0, 0.05) is 16.3 Å². The number of aryl methyl sites for hydroxylation is 2. The van der Waals surface area contributed by atoms with Crippen LogP contribution in [0.2, 0.25) is 5.02 Å². The van der Waals surface area contributed by atoms with Gasteiger partial charge < -0.3 is 10.6 Å². The molecule has 0 radical (unpaired) electrons. The van der Waals surface area contributed by atoms with Crippen molar-refractivity contribution >= 4 is 29.0 Å². The van der Waals surface area contributed by atoms with Gasteiger partial charge in [-0.25, -0.2) is 9.18 Å². The number of anilines is 2. The van der Waals surface area contributed by atoms with E-state index in [0.29, 0.717) is 27.7 Å². The molecule has 0 aliphatic heterocycles. The fraction of sp³-hybridized carbons (Fsp3) is 0.200. The number of carbonyl (C=O) groups is 1. The molecule has 2 amide bonds. The van der Waals surface area contributed by atoms with Gasteiger partial charge in [-0.05, 0) is 44.5 Å². The van der Waals surface area contributed by atoms with Crippen LogP contribution in [0.3, 0.4) is 0 Å². The van der Waals surface area contributed by atoms with Crippen molar-refractivity contribution in [2.24, 2.45) is 0 Å². The molecule has 0 saturated carbocycles. The van der Waals surface area contributed by atoms with Crippen molar-refractivity contribution in [3.63, 3.8) is 0 Å². The Labute approximate surface area is 162 Å². The molecule has 0 atom stereocenters. The zero-order chi connectivity index (χ0) is 19.6. The maximum atomic E-state index is 13.9.